The van der Waals surface area contributed by atoms with Crippen LogP contribution in [0.5, 0.6) is 5.75 Å². The summed E-state index contributed by atoms with van der Waals surface area (Å²) in [6.45, 7) is -0.0726. The summed E-state index contributed by atoms with van der Waals surface area (Å²) in [7, 11) is 2.90. The second-order valence-corrected chi connectivity index (χ2v) is 6.09. The molecule has 8 nitrogen and oxygen atoms in total. The maximum atomic E-state index is 14.1. The molecule has 0 aliphatic carbocycles. The number of carbonyl (C=O) groups excluding carboxylic acids is 1. The van der Waals surface area contributed by atoms with Gasteiger partial charge in [-0.15, -0.1) is 13.2 Å². The number of ether oxygens (including phenoxy) is 2. The molecule has 2 heterocycles. The number of nitrogens with zero attached hydrogens (tertiary/aromatic N) is 3. The molecular weight excluding hydrogens is 412 g/mol. The quantitative estimate of drug-likeness (QED) is 0.581. The van der Waals surface area contributed by atoms with Crippen LogP contribution in [0.3, 0.4) is 0 Å². The molecule has 30 heavy (non-hydrogen) atoms. The molecule has 12 heteroatoms. The number of halogens is 4. The monoisotopic (exact) mass is 428 g/mol. The lowest BCUT2D eigenvalue weighted by Crippen LogP contribution is -2.33. The molecule has 1 N–H and O–H groups in total. The second kappa shape index (κ2) is 8.53. The molecule has 0 radical (unpaired) electrons. The first kappa shape index (κ1) is 21.3. The van der Waals surface area contributed by atoms with Gasteiger partial charge >= 0.3 is 6.36 Å². The van der Waals surface area contributed by atoms with E-state index in [1.54, 1.807) is 0 Å². The van der Waals surface area contributed by atoms with Crippen LogP contribution in [0, 0.1) is 5.82 Å². The van der Waals surface area contributed by atoms with Crippen LogP contribution in [0.2, 0.25) is 0 Å². The zero-order chi connectivity index (χ0) is 21.9. The average molecular weight is 428 g/mol. The van der Waals surface area contributed by atoms with E-state index in [9.17, 15) is 22.4 Å². The molecule has 160 valence electrons. The fourth-order valence-corrected chi connectivity index (χ4v) is 2.78. The van der Waals surface area contributed by atoms with Crippen LogP contribution in [0.4, 0.5) is 17.6 Å². The van der Waals surface area contributed by atoms with Crippen LogP contribution in [-0.4, -0.2) is 40.8 Å². The Hall–Kier alpha value is -3.41. The Balaban J connectivity index is 1.86. The van der Waals surface area contributed by atoms with Crippen LogP contribution in [-0.2, 0) is 11.8 Å². The third-order valence-electron chi connectivity index (χ3n) is 4.04. The number of hydrogen-bond donors (Lipinski definition) is 1. The largest absolute Gasteiger partial charge is 0.573 e. The molecule has 1 amide bonds. The minimum atomic E-state index is -5.03. The number of methoxy groups -OCH3 is 1. The summed E-state index contributed by atoms with van der Waals surface area (Å²) in [5.41, 5.74) is 0.629. The summed E-state index contributed by atoms with van der Waals surface area (Å²) in [6, 6.07) is 1.99. The zero-order valence-electron chi connectivity index (χ0n) is 15.7. The van der Waals surface area contributed by atoms with Gasteiger partial charge in [0.2, 0.25) is 5.89 Å². The van der Waals surface area contributed by atoms with E-state index in [2.05, 4.69) is 20.1 Å². The van der Waals surface area contributed by atoms with Crippen molar-refractivity contribution < 1.29 is 36.2 Å². The van der Waals surface area contributed by atoms with Crippen LogP contribution in [0.25, 0.3) is 11.5 Å². The van der Waals surface area contributed by atoms with Crippen LogP contribution < -0.4 is 10.1 Å². The highest BCUT2D eigenvalue weighted by molar-refractivity contribution is 5.98. The number of carbonyl (C=O) groups is 1. The van der Waals surface area contributed by atoms with Crippen molar-refractivity contribution in [2.24, 2.45) is 7.05 Å². The average Bonchev–Trinajstić information content (AvgIpc) is 3.31. The van der Waals surface area contributed by atoms with Crippen LogP contribution in [0.1, 0.15) is 22.1 Å². The van der Waals surface area contributed by atoms with Gasteiger partial charge in [-0.2, -0.15) is 5.10 Å². The first-order valence-corrected chi connectivity index (χ1v) is 8.46. The number of aryl methyl sites for hydroxylation is 1. The minimum Gasteiger partial charge on any atom is -0.444 e. The molecule has 2 aromatic heterocycles. The molecule has 3 aromatic rings. The third kappa shape index (κ3) is 4.76. The van der Waals surface area contributed by atoms with E-state index in [-0.39, 0.29) is 23.8 Å². The third-order valence-corrected chi connectivity index (χ3v) is 4.04. The van der Waals surface area contributed by atoms with Gasteiger partial charge in [-0.3, -0.25) is 9.48 Å². The predicted octanol–water partition coefficient (Wildman–Crippen LogP) is 3.23. The van der Waals surface area contributed by atoms with E-state index in [0.717, 1.165) is 12.1 Å². The number of oxazole rings is 1. The van der Waals surface area contributed by atoms with Crippen LogP contribution in [0.15, 0.2) is 41.3 Å². The maximum absolute atomic E-state index is 14.1. The van der Waals surface area contributed by atoms with Crippen molar-refractivity contribution in [2.45, 2.75) is 12.4 Å². The maximum Gasteiger partial charge on any atom is 0.573 e. The summed E-state index contributed by atoms with van der Waals surface area (Å²) in [4.78, 5) is 16.9. The SMILES string of the molecule is COCC(NC(=O)c1c(-c2ncco2)cnn1C)c1ccc(OC(F)(F)F)c(F)c1. The molecular formula is C18H16F4N4O4. The Morgan fingerprint density at radius 3 is 2.73 bits per heavy atom. The number of benzene rings is 1. The molecule has 0 fully saturated rings. The molecule has 0 saturated carbocycles. The second-order valence-electron chi connectivity index (χ2n) is 6.09. The first-order chi connectivity index (χ1) is 14.2. The number of alkyl halides is 3. The van der Waals surface area contributed by atoms with Gasteiger partial charge < -0.3 is 19.2 Å². The lowest BCUT2D eigenvalue weighted by atomic mass is 10.1. The van der Waals surface area contributed by atoms with E-state index in [1.807, 2.05) is 0 Å². The fraction of sp³-hybridized carbons (Fsp3) is 0.278. The Kier molecular flexibility index (Phi) is 6.06. The normalized spacial score (nSPS) is 12.6. The van der Waals surface area contributed by atoms with Crippen molar-refractivity contribution in [1.29, 1.82) is 0 Å². The number of aromatic nitrogens is 3. The van der Waals surface area contributed by atoms with E-state index >= 15 is 0 Å². The van der Waals surface area contributed by atoms with E-state index < -0.39 is 29.9 Å². The number of amides is 1. The highest BCUT2D eigenvalue weighted by Crippen LogP contribution is 2.28. The van der Waals surface area contributed by atoms with Gasteiger partial charge in [-0.1, -0.05) is 6.07 Å². The smallest absolute Gasteiger partial charge is 0.444 e. The van der Waals surface area contributed by atoms with Crippen molar-refractivity contribution in [1.82, 2.24) is 20.1 Å². The first-order valence-electron chi connectivity index (χ1n) is 8.46. The van der Waals surface area contributed by atoms with Gasteiger partial charge in [-0.25, -0.2) is 9.37 Å². The predicted molar refractivity (Wildman–Crippen MR) is 93.9 cm³/mol. The lowest BCUT2D eigenvalue weighted by molar-refractivity contribution is -0.275. The summed E-state index contributed by atoms with van der Waals surface area (Å²) in [6.07, 6.45) is -0.885. The number of nitrogens with one attached hydrogen (secondary N) is 1. The fourth-order valence-electron chi connectivity index (χ4n) is 2.78. The van der Waals surface area contributed by atoms with Crippen molar-refractivity contribution in [3.8, 4) is 17.2 Å². The van der Waals surface area contributed by atoms with Crippen LogP contribution >= 0.6 is 0 Å². The molecule has 0 aliphatic rings. The van der Waals surface area contributed by atoms with Crippen molar-refractivity contribution in [3.05, 3.63) is 53.9 Å². The molecule has 1 unspecified atom stereocenters. The summed E-state index contributed by atoms with van der Waals surface area (Å²) >= 11 is 0. The van der Waals surface area contributed by atoms with E-state index in [1.165, 1.54) is 43.6 Å². The van der Waals surface area contributed by atoms with Gasteiger partial charge in [0.05, 0.1) is 30.6 Å². The number of rotatable bonds is 7. The van der Waals surface area contributed by atoms with Gasteiger partial charge in [0.25, 0.3) is 5.91 Å². The van der Waals surface area contributed by atoms with Crippen molar-refractivity contribution in [2.75, 3.05) is 13.7 Å². The van der Waals surface area contributed by atoms with Gasteiger partial charge in [0, 0.05) is 14.2 Å². The zero-order valence-corrected chi connectivity index (χ0v) is 15.7. The highest BCUT2D eigenvalue weighted by Gasteiger charge is 2.32. The highest BCUT2D eigenvalue weighted by atomic mass is 19.4. The van der Waals surface area contributed by atoms with Gasteiger partial charge in [0.15, 0.2) is 11.6 Å². The Bertz CT molecular complexity index is 1020. The van der Waals surface area contributed by atoms with E-state index in [4.69, 9.17) is 9.15 Å². The standard InChI is InChI=1S/C18H16F4N4O4/c1-26-15(11(8-24-26)17-23-5-6-29-17)16(27)25-13(9-28-2)10-3-4-14(12(19)7-10)30-18(20,21)22/h3-8,13H,9H2,1-2H3,(H,25,27). The minimum absolute atomic E-state index is 0.0726. The Morgan fingerprint density at radius 1 is 1.37 bits per heavy atom. The van der Waals surface area contributed by atoms with Gasteiger partial charge in [0.1, 0.15) is 12.0 Å². The summed E-state index contributed by atoms with van der Waals surface area (Å²) in [5, 5.41) is 6.67. The molecule has 3 rings (SSSR count). The summed E-state index contributed by atoms with van der Waals surface area (Å²) in [5.74, 6) is -2.63. The number of hydrogen-bond acceptors (Lipinski definition) is 6. The Labute approximate surface area is 167 Å². The molecule has 0 aliphatic heterocycles. The Morgan fingerprint density at radius 2 is 2.13 bits per heavy atom. The molecule has 0 spiro atoms. The topological polar surface area (TPSA) is 91.4 Å². The lowest BCUT2D eigenvalue weighted by Gasteiger charge is -2.19. The van der Waals surface area contributed by atoms with Crippen molar-refractivity contribution >= 4 is 5.91 Å². The summed E-state index contributed by atoms with van der Waals surface area (Å²) < 4.78 is 66.3. The van der Waals surface area contributed by atoms with Crippen molar-refractivity contribution in [3.63, 3.8) is 0 Å². The molecule has 1 atom stereocenters. The van der Waals surface area contributed by atoms with E-state index in [0.29, 0.717) is 5.56 Å². The molecule has 0 saturated heterocycles. The van der Waals surface area contributed by atoms with Gasteiger partial charge in [-0.05, 0) is 17.7 Å². The molecule has 1 aromatic carbocycles. The molecule has 0 bridgehead atoms.